The predicted octanol–water partition coefficient (Wildman–Crippen LogP) is -0.385. The fourth-order valence-corrected chi connectivity index (χ4v) is 16.1. The van der Waals surface area contributed by atoms with Crippen molar-refractivity contribution >= 4 is 11.9 Å². The van der Waals surface area contributed by atoms with E-state index in [9.17, 15) is 55.5 Å². The molecule has 0 aromatic carbocycles. The fourth-order valence-electron chi connectivity index (χ4n) is 16.1. The molecule has 84 heavy (non-hydrogen) atoms. The Morgan fingerprint density at radius 1 is 0.619 bits per heavy atom. The SMILES string of the molecule is COC1CC(OC2CCC3(C)C(=CCC4C3CCC3(C)C4CC(O)C3C(C)OC3OC(C)C(O)C(OC)C3OC3OC(COC4OC(CO)C(O)C(O)C4O)C(O)C(O)C3O)C2)OC(C)C1OC1OC(C)C(OC(C)=O)C(OC)C1OC(C)=O. The molecule has 0 radical (unpaired) electrons. The van der Waals surface area contributed by atoms with Crippen molar-refractivity contribution in [1.29, 1.82) is 0 Å². The summed E-state index contributed by atoms with van der Waals surface area (Å²) >= 11 is 0. The second-order valence-corrected chi connectivity index (χ2v) is 25.5. The third-order valence-electron chi connectivity index (χ3n) is 20.4. The van der Waals surface area contributed by atoms with Gasteiger partial charge in [0, 0.05) is 47.5 Å². The first-order chi connectivity index (χ1) is 39.8. The normalized spacial score (nSPS) is 50.9. The van der Waals surface area contributed by atoms with Crippen LogP contribution in [0, 0.1) is 34.5 Å². The summed E-state index contributed by atoms with van der Waals surface area (Å²) in [5.41, 5.74) is 0.918. The van der Waals surface area contributed by atoms with E-state index in [2.05, 4.69) is 19.9 Å². The summed E-state index contributed by atoms with van der Waals surface area (Å²) in [6, 6.07) is 0. The molecule has 0 spiro atoms. The molecule has 8 fully saturated rings. The van der Waals surface area contributed by atoms with Gasteiger partial charge in [-0.2, -0.15) is 0 Å². The van der Waals surface area contributed by atoms with Gasteiger partial charge in [-0.3, -0.25) is 9.59 Å². The first-order valence-corrected chi connectivity index (χ1v) is 30.0. The molecular weight excluding hydrogens is 1110 g/mol. The van der Waals surface area contributed by atoms with E-state index in [-0.39, 0.29) is 34.7 Å². The van der Waals surface area contributed by atoms with Crippen molar-refractivity contribution in [1.82, 2.24) is 0 Å². The Morgan fingerprint density at radius 3 is 1.89 bits per heavy atom. The van der Waals surface area contributed by atoms with Gasteiger partial charge in [-0.25, -0.2) is 0 Å². The van der Waals surface area contributed by atoms with E-state index in [4.69, 9.17) is 71.1 Å². The smallest absolute Gasteiger partial charge is 0.303 e. The summed E-state index contributed by atoms with van der Waals surface area (Å²) in [7, 11) is 4.40. The number of ether oxygens (including phenoxy) is 15. The van der Waals surface area contributed by atoms with Gasteiger partial charge in [-0.1, -0.05) is 25.5 Å². The summed E-state index contributed by atoms with van der Waals surface area (Å²) in [5, 5.41) is 97.5. The molecule has 9 rings (SSSR count). The number of methoxy groups -OCH3 is 3. The first kappa shape index (κ1) is 66.2. The van der Waals surface area contributed by atoms with Gasteiger partial charge in [0.05, 0.1) is 55.9 Å². The monoisotopic (exact) mass is 1210 g/mol. The van der Waals surface area contributed by atoms with Crippen LogP contribution in [0.3, 0.4) is 0 Å². The van der Waals surface area contributed by atoms with Crippen molar-refractivity contribution < 1.29 is 127 Å². The summed E-state index contributed by atoms with van der Waals surface area (Å²) in [4.78, 5) is 24.3. The molecule has 0 aromatic heterocycles. The Hall–Kier alpha value is -2.20. The lowest BCUT2D eigenvalue weighted by Gasteiger charge is -2.58. The van der Waals surface area contributed by atoms with Gasteiger partial charge in [0.1, 0.15) is 79.4 Å². The largest absolute Gasteiger partial charge is 0.457 e. The lowest BCUT2D eigenvalue weighted by molar-refractivity contribution is -0.376. The highest BCUT2D eigenvalue weighted by atomic mass is 16.8. The van der Waals surface area contributed by atoms with Crippen LogP contribution in [-0.4, -0.2) is 258 Å². The molecule has 26 nitrogen and oxygen atoms in total. The average Bonchev–Trinajstić information content (AvgIpc) is 1.44. The number of aliphatic hydroxyl groups is 9. The van der Waals surface area contributed by atoms with Crippen LogP contribution in [0.1, 0.15) is 107 Å². The van der Waals surface area contributed by atoms with E-state index in [0.717, 1.165) is 38.5 Å². The first-order valence-electron chi connectivity index (χ1n) is 30.0. The molecule has 5 saturated heterocycles. The standard InChI is InChI=1S/C58H94O26/c1-23(75-55-51(49(71-10)40(63)24(2)76-55)84-54-46(69)44(67)42(65)37(82-54)22-73-53-45(68)43(66)41(64)36(21-59)81-53)39-34(62)19-33-31-13-12-29-18-30(14-16-57(29,7)32(31)15-17-58(33,39)8)80-38-20-35(70-9)47(25(3)74-38)83-56-52(79-28(6)61)50(72-11)48(26(4)77-56)78-27(5)60/h12,23-26,30-56,59,62-69H,13-22H2,1-11H3. The van der Waals surface area contributed by atoms with Crippen molar-refractivity contribution in [2.24, 2.45) is 34.5 Å². The van der Waals surface area contributed by atoms with Crippen molar-refractivity contribution in [3.63, 3.8) is 0 Å². The van der Waals surface area contributed by atoms with E-state index in [1.54, 1.807) is 21.0 Å². The van der Waals surface area contributed by atoms with Crippen LogP contribution < -0.4 is 0 Å². The van der Waals surface area contributed by atoms with Crippen molar-refractivity contribution in [2.75, 3.05) is 34.5 Å². The van der Waals surface area contributed by atoms with Crippen LogP contribution in [0.4, 0.5) is 0 Å². The maximum atomic E-state index is 12.3. The molecule has 0 aromatic rings. The number of hydrogen-bond acceptors (Lipinski definition) is 26. The molecular formula is C58H94O26. The van der Waals surface area contributed by atoms with E-state index in [1.165, 1.54) is 33.6 Å². The Bertz CT molecular complexity index is 2230. The number of hydrogen-bond donors (Lipinski definition) is 9. The number of fused-ring (bicyclic) bond motifs is 5. The maximum Gasteiger partial charge on any atom is 0.303 e. The van der Waals surface area contributed by atoms with Gasteiger partial charge < -0.3 is 117 Å². The van der Waals surface area contributed by atoms with Gasteiger partial charge >= 0.3 is 11.9 Å². The van der Waals surface area contributed by atoms with E-state index < -0.39 is 185 Å². The topological polar surface area (TPSA) is 355 Å². The molecule has 5 heterocycles. The third kappa shape index (κ3) is 12.9. The number of rotatable bonds is 18. The van der Waals surface area contributed by atoms with Crippen LogP contribution >= 0.6 is 0 Å². The van der Waals surface area contributed by atoms with Gasteiger partial charge in [-0.15, -0.1) is 0 Å². The average molecular weight is 1210 g/mol. The third-order valence-corrected chi connectivity index (χ3v) is 20.4. The fraction of sp³-hybridized carbons (Fsp3) is 0.931. The second kappa shape index (κ2) is 27.1. The van der Waals surface area contributed by atoms with E-state index in [0.29, 0.717) is 18.8 Å². The highest BCUT2D eigenvalue weighted by molar-refractivity contribution is 5.67. The zero-order valence-electron chi connectivity index (χ0n) is 50.0. The van der Waals surface area contributed by atoms with Crippen LogP contribution in [0.5, 0.6) is 0 Å². The molecule has 9 aliphatic rings. The zero-order valence-corrected chi connectivity index (χ0v) is 50.0. The molecule has 26 heteroatoms. The van der Waals surface area contributed by atoms with Gasteiger partial charge in [0.15, 0.2) is 43.7 Å². The molecule has 33 atom stereocenters. The highest BCUT2D eigenvalue weighted by Gasteiger charge is 2.63. The Balaban J connectivity index is 0.829. The van der Waals surface area contributed by atoms with Crippen LogP contribution in [0.15, 0.2) is 11.6 Å². The van der Waals surface area contributed by atoms with Gasteiger partial charge in [-0.05, 0) is 101 Å². The summed E-state index contributed by atoms with van der Waals surface area (Å²) in [6.45, 7) is 13.0. The molecule has 5 aliphatic heterocycles. The Labute approximate surface area is 490 Å². The lowest BCUT2D eigenvalue weighted by atomic mass is 9.47. The van der Waals surface area contributed by atoms with E-state index >= 15 is 0 Å². The zero-order chi connectivity index (χ0) is 61.0. The molecule has 0 bridgehead atoms. The molecule has 0 amide bonds. The van der Waals surface area contributed by atoms with Crippen molar-refractivity contribution in [3.8, 4) is 0 Å². The van der Waals surface area contributed by atoms with Crippen LogP contribution in [0.25, 0.3) is 0 Å². The van der Waals surface area contributed by atoms with Crippen LogP contribution in [-0.2, 0) is 80.6 Å². The van der Waals surface area contributed by atoms with Crippen molar-refractivity contribution in [2.45, 2.75) is 272 Å². The summed E-state index contributed by atoms with van der Waals surface area (Å²) < 4.78 is 91.2. The molecule has 482 valence electrons. The van der Waals surface area contributed by atoms with E-state index in [1.807, 2.05) is 13.8 Å². The molecule has 9 N–H and O–H groups in total. The maximum absolute atomic E-state index is 12.3. The summed E-state index contributed by atoms with van der Waals surface area (Å²) in [5.74, 6) is -0.688. The number of aliphatic hydroxyl groups excluding tert-OH is 9. The molecule has 4 aliphatic carbocycles. The minimum atomic E-state index is -1.85. The van der Waals surface area contributed by atoms with Crippen LogP contribution in [0.2, 0.25) is 0 Å². The highest BCUT2D eigenvalue weighted by Crippen LogP contribution is 2.67. The quantitative estimate of drug-likeness (QED) is 0.0624. The Kier molecular flexibility index (Phi) is 21.4. The molecule has 33 unspecified atom stereocenters. The molecule has 3 saturated carbocycles. The Morgan fingerprint density at radius 2 is 1.24 bits per heavy atom. The predicted molar refractivity (Wildman–Crippen MR) is 285 cm³/mol. The minimum Gasteiger partial charge on any atom is -0.457 e. The van der Waals surface area contributed by atoms with Gasteiger partial charge in [0.2, 0.25) is 0 Å². The summed E-state index contributed by atoms with van der Waals surface area (Å²) in [6.07, 6.45) is -22.3. The number of carbonyl (C=O) groups excluding carboxylic acids is 2. The lowest BCUT2D eigenvalue weighted by Crippen LogP contribution is -2.65. The second-order valence-electron chi connectivity index (χ2n) is 25.5. The number of carbonyl (C=O) groups is 2. The minimum absolute atomic E-state index is 0.0960. The van der Waals surface area contributed by atoms with Gasteiger partial charge in [0.25, 0.3) is 0 Å². The number of esters is 2. The van der Waals surface area contributed by atoms with Crippen molar-refractivity contribution in [3.05, 3.63) is 11.6 Å². The number of allylic oxidation sites excluding steroid dienone is 1.